The Balaban J connectivity index is 0.000000146. The third-order valence-corrected chi connectivity index (χ3v) is 24.7. The molecular formula is C82H94N22O13. The van der Waals surface area contributed by atoms with Crippen molar-refractivity contribution in [2.45, 2.75) is 119 Å². The first-order valence-corrected chi connectivity index (χ1v) is 40.3. The zero-order chi connectivity index (χ0) is 81.6. The van der Waals surface area contributed by atoms with Crippen molar-refractivity contribution in [1.82, 2.24) is 70.2 Å². The molecule has 2 aromatic heterocycles. The molecule has 9 N–H and O–H groups in total. The molecule has 2 unspecified atom stereocenters. The minimum atomic E-state index is -0.981. The third kappa shape index (κ3) is 16.1. The van der Waals surface area contributed by atoms with Crippen molar-refractivity contribution >= 4 is 123 Å². The maximum atomic E-state index is 13.3. The van der Waals surface area contributed by atoms with Gasteiger partial charge in [-0.25, -0.2) is 29.5 Å². The Labute approximate surface area is 674 Å². The van der Waals surface area contributed by atoms with Crippen molar-refractivity contribution < 1.29 is 62.3 Å². The van der Waals surface area contributed by atoms with Gasteiger partial charge < -0.3 is 66.6 Å². The summed E-state index contributed by atoms with van der Waals surface area (Å²) in [5.74, 6) is -2.23. The molecule has 0 saturated carbocycles. The van der Waals surface area contributed by atoms with Gasteiger partial charge >= 0.3 is 12.1 Å². The quantitative estimate of drug-likeness (QED) is 0.0640. The van der Waals surface area contributed by atoms with Gasteiger partial charge in [0.1, 0.15) is 29.5 Å². The molecular weight excluding hydrogens is 1500 g/mol. The van der Waals surface area contributed by atoms with Crippen molar-refractivity contribution in [3.05, 3.63) is 142 Å². The molecule has 14 heterocycles. The smallest absolute Gasteiger partial charge is 0.320 e. The van der Waals surface area contributed by atoms with Crippen LogP contribution in [0, 0.1) is 0 Å². The maximum absolute atomic E-state index is 13.3. The number of carbonyl (C=O) groups is 13. The first-order valence-electron chi connectivity index (χ1n) is 40.3. The van der Waals surface area contributed by atoms with Crippen LogP contribution in [-0.4, -0.2) is 280 Å². The van der Waals surface area contributed by atoms with Crippen LogP contribution >= 0.6 is 0 Å². The molecule has 0 radical (unpaired) electrons. The Bertz CT molecular complexity index is 5000. The Morgan fingerprint density at radius 2 is 0.863 bits per heavy atom. The van der Waals surface area contributed by atoms with E-state index in [-0.39, 0.29) is 83.7 Å². The molecule has 610 valence electrons. The molecule has 14 amide bonds. The number of carbonyl (C=O) groups excluding carboxylic acids is 13. The van der Waals surface area contributed by atoms with Gasteiger partial charge in [-0.15, -0.1) is 0 Å². The number of hydrogen-bond donors (Lipinski definition) is 7. The monoisotopic (exact) mass is 1590 g/mol. The van der Waals surface area contributed by atoms with Crippen molar-refractivity contribution in [2.24, 2.45) is 11.5 Å². The summed E-state index contributed by atoms with van der Waals surface area (Å²) in [6.45, 7) is 12.6. The summed E-state index contributed by atoms with van der Waals surface area (Å²) >= 11 is 0. The van der Waals surface area contributed by atoms with Crippen LogP contribution in [0.25, 0.3) is 0 Å². The summed E-state index contributed by atoms with van der Waals surface area (Å²) in [6, 6.07) is 25.5. The van der Waals surface area contributed by atoms with Gasteiger partial charge in [0, 0.05) is 185 Å². The summed E-state index contributed by atoms with van der Waals surface area (Å²) in [7, 11) is 3.66. The van der Waals surface area contributed by atoms with Crippen LogP contribution in [0.3, 0.4) is 0 Å². The zero-order valence-electron chi connectivity index (χ0n) is 65.2. The lowest BCUT2D eigenvalue weighted by atomic mass is 9.88. The number of nitrogens with two attached hydrogens (primary N) is 2. The number of urea groups is 2. The molecule has 4 aromatic carbocycles. The van der Waals surface area contributed by atoms with Crippen molar-refractivity contribution in [3.8, 4) is 0 Å². The summed E-state index contributed by atoms with van der Waals surface area (Å²) in [5.41, 5.74) is 18.3. The molecule has 12 aliphatic rings. The number of ketones is 1. The highest BCUT2D eigenvalue weighted by Crippen LogP contribution is 2.39. The molecule has 117 heavy (non-hydrogen) atoms. The lowest BCUT2D eigenvalue weighted by molar-refractivity contribution is -0.137. The minimum absolute atomic E-state index is 0.0562. The molecule has 4 atom stereocenters. The molecule has 0 bridgehead atoms. The van der Waals surface area contributed by atoms with Crippen LogP contribution in [0.2, 0.25) is 0 Å². The van der Waals surface area contributed by atoms with E-state index in [0.29, 0.717) is 92.3 Å². The van der Waals surface area contributed by atoms with Gasteiger partial charge in [0.05, 0.1) is 46.7 Å². The number of hydrogen-bond acceptors (Lipinski definition) is 25. The maximum Gasteiger partial charge on any atom is 0.320 e. The van der Waals surface area contributed by atoms with E-state index < -0.39 is 71.2 Å². The summed E-state index contributed by atoms with van der Waals surface area (Å²) in [6.07, 6.45) is 10.3. The number of benzene rings is 4. The summed E-state index contributed by atoms with van der Waals surface area (Å²) in [5, 5.41) is 14.2. The Morgan fingerprint density at radius 3 is 1.26 bits per heavy atom. The summed E-state index contributed by atoms with van der Waals surface area (Å²) in [4.78, 5) is 199. The second-order valence-electron chi connectivity index (χ2n) is 32.0. The van der Waals surface area contributed by atoms with E-state index in [4.69, 9.17) is 21.4 Å². The average molecular weight is 1600 g/mol. The highest BCUT2D eigenvalue weighted by molar-refractivity contribution is 6.25. The molecule has 6 aromatic rings. The van der Waals surface area contributed by atoms with E-state index in [1.54, 1.807) is 52.5 Å². The number of nitrogens with zero attached hydrogens (tertiary/aromatic N) is 15. The zero-order valence-corrected chi connectivity index (χ0v) is 65.2. The SMILES string of the molecule is CN1CCN([C@@H]2CCCN(c3cnc(C(N)=O)c(Nc4ccc(C5CN(C6CCN(c7ccc8c(c7)C(=O)N(C7CCC(=O)NC7=O)C8=O)CC6)C5)cc4)n3)C2)C1=O.CN1CCN([C@@H]2CCCN(c3cnc(C(N)=O)c(Nc4ccc(C5CNC5)cc4)n3)C2)C1=O.O=C1CCN(c2ccc3c(c2)C(=O)N(C2CCC(=O)NC2=O)C3=O)CC1. The highest BCUT2D eigenvalue weighted by Gasteiger charge is 2.48. The Hall–Kier alpha value is -12.5. The van der Waals surface area contributed by atoms with Gasteiger partial charge in [-0.05, 0) is 123 Å². The predicted octanol–water partition coefficient (Wildman–Crippen LogP) is 3.72. The van der Waals surface area contributed by atoms with Crippen LogP contribution in [0.15, 0.2) is 97.3 Å². The fraction of sp³-hybridized carbons (Fsp3) is 0.451. The minimum Gasteiger partial charge on any atom is -0.371 e. The lowest BCUT2D eigenvalue weighted by Gasteiger charge is -2.47. The number of anilines is 8. The number of primary amides is 2. The number of amides is 14. The third-order valence-electron chi connectivity index (χ3n) is 24.7. The second kappa shape index (κ2) is 33.0. The van der Waals surface area contributed by atoms with Gasteiger partial charge in [-0.1, -0.05) is 24.3 Å². The molecule has 0 spiro atoms. The standard InChI is InChI=1S/C41H47N11O6.C23H30N8O2.C18H17N3O5/c1-47-17-18-51(41(47)58)29-3-2-14-49(23-29)33-20-43-35(36(42)54)37(45-33)44-26-6-4-24(5-7-26)25-21-50(22-25)27-12-15-48(16-13-27)28-8-9-30-31(19-28)40(57)52(39(30)56)32-10-11-34(53)46-38(32)55;1-29-9-10-31(23(29)33)18-3-2-8-30(14-18)19-13-26-20(21(24)32)22(28-19)27-17-6-4-15(5-7-17)16-11-25-12-16;22-11-5-7-20(8-6-11)10-1-2-12-13(9-10)18(26)21(17(12)25)14-3-4-15(23)19-16(14)24/h4-9,19-20,25,27,29,32H,2-3,10-18,21-23H2,1H3,(H2,42,54)(H,44,45)(H,46,53,55);4-7,13,16,18,25H,2-3,8-12,14H2,1H3,(H2,24,32)(H,27,28);1-2,9,14H,3-8H2,(H,19,23,24)/t29-,32?;18-;/m11./s1. The van der Waals surface area contributed by atoms with Gasteiger partial charge in [0.15, 0.2) is 23.0 Å². The van der Waals surface area contributed by atoms with Crippen LogP contribution in [0.4, 0.5) is 55.6 Å². The van der Waals surface area contributed by atoms with E-state index in [0.717, 1.165) is 143 Å². The molecule has 35 nitrogen and oxygen atoms in total. The normalized spacial score (nSPS) is 22.8. The Morgan fingerprint density at radius 1 is 0.436 bits per heavy atom. The van der Waals surface area contributed by atoms with Crippen LogP contribution < -0.4 is 57.7 Å². The number of likely N-dealkylation sites (tertiary alicyclic amines) is 1. The van der Waals surface area contributed by atoms with E-state index in [1.807, 2.05) is 59.1 Å². The van der Waals surface area contributed by atoms with E-state index in [2.05, 4.69) is 80.4 Å². The Kier molecular flexibility index (Phi) is 22.1. The van der Waals surface area contributed by atoms with E-state index >= 15 is 0 Å². The number of piperidine rings is 6. The summed E-state index contributed by atoms with van der Waals surface area (Å²) < 4.78 is 0. The van der Waals surface area contributed by atoms with E-state index in [9.17, 15) is 62.3 Å². The van der Waals surface area contributed by atoms with Gasteiger partial charge in [-0.2, -0.15) is 0 Å². The van der Waals surface area contributed by atoms with Gasteiger partial charge in [0.2, 0.25) is 23.6 Å². The van der Waals surface area contributed by atoms with Gasteiger partial charge in [-0.3, -0.25) is 78.1 Å². The van der Waals surface area contributed by atoms with Crippen LogP contribution in [-0.2, 0) is 24.0 Å². The van der Waals surface area contributed by atoms with Gasteiger partial charge in [0.25, 0.3) is 35.4 Å². The molecule has 10 saturated heterocycles. The average Bonchev–Trinajstić information content (AvgIpc) is 1.63. The van der Waals surface area contributed by atoms with Crippen molar-refractivity contribution in [3.63, 3.8) is 0 Å². The fourth-order valence-electron chi connectivity index (χ4n) is 17.8. The number of aromatic nitrogens is 4. The van der Waals surface area contributed by atoms with Crippen molar-refractivity contribution in [1.29, 1.82) is 0 Å². The first-order chi connectivity index (χ1) is 56.5. The largest absolute Gasteiger partial charge is 0.371 e. The molecule has 0 aliphatic carbocycles. The van der Waals surface area contributed by atoms with Crippen LogP contribution in [0.5, 0.6) is 0 Å². The molecule has 35 heteroatoms. The number of fused-ring (bicyclic) bond motifs is 2. The molecule has 10 fully saturated rings. The number of Topliss-reactive ketones (excluding diaryl/α,β-unsaturated/α-hetero) is 1. The lowest BCUT2D eigenvalue weighted by Crippen LogP contribution is -2.54. The molecule has 18 rings (SSSR count). The predicted molar refractivity (Wildman–Crippen MR) is 428 cm³/mol. The first kappa shape index (κ1) is 78.4. The fourth-order valence-corrected chi connectivity index (χ4v) is 17.8. The van der Waals surface area contributed by atoms with E-state index in [1.165, 1.54) is 11.1 Å². The van der Waals surface area contributed by atoms with Crippen LogP contribution in [0.1, 0.15) is 162 Å². The van der Waals surface area contributed by atoms with Crippen molar-refractivity contribution in [2.75, 3.05) is 149 Å². The topological polar surface area (TPSA) is 421 Å². The number of nitrogens with one attached hydrogen (secondary N) is 5. The number of imide groups is 4. The highest BCUT2D eigenvalue weighted by atomic mass is 16.2. The number of likely N-dealkylation sites (N-methyl/N-ethyl adjacent to an activating group) is 2. The molecule has 12 aliphatic heterocycles. The number of rotatable bonds is 17. The second-order valence-corrected chi connectivity index (χ2v) is 32.0.